The molecular formula is C18H21FN2O2. The lowest BCUT2D eigenvalue weighted by molar-refractivity contribution is -0.123. The second-order valence-corrected chi connectivity index (χ2v) is 5.68. The van der Waals surface area contributed by atoms with Gasteiger partial charge in [0.1, 0.15) is 0 Å². The van der Waals surface area contributed by atoms with Crippen LogP contribution in [0, 0.1) is 11.7 Å². The lowest BCUT2D eigenvalue weighted by atomic mass is 9.85. The van der Waals surface area contributed by atoms with E-state index in [1.807, 2.05) is 13.8 Å². The molecule has 0 radical (unpaired) electrons. The van der Waals surface area contributed by atoms with E-state index in [2.05, 4.69) is 23.2 Å². The van der Waals surface area contributed by atoms with E-state index in [4.69, 9.17) is 4.74 Å². The van der Waals surface area contributed by atoms with Crippen molar-refractivity contribution in [2.24, 2.45) is 11.0 Å². The highest BCUT2D eigenvalue weighted by Crippen LogP contribution is 2.26. The fourth-order valence-corrected chi connectivity index (χ4v) is 2.29. The standard InChI is InChI=1S/C18H21FN2O2/c1-12(2)14-9-8-13(3)16(10-14)20-21-18(22)11-23-17-7-5-4-6-15(17)19/h4-8,14H,1,9-11H2,2-3H3,(H,21,22)/t14-/m1/s1. The number of ether oxygens (including phenoxy) is 1. The molecule has 0 saturated carbocycles. The lowest BCUT2D eigenvalue weighted by Crippen LogP contribution is -2.27. The van der Waals surface area contributed by atoms with Gasteiger partial charge >= 0.3 is 0 Å². The summed E-state index contributed by atoms with van der Waals surface area (Å²) in [5.41, 5.74) is 5.46. The van der Waals surface area contributed by atoms with E-state index in [0.29, 0.717) is 5.92 Å². The predicted molar refractivity (Wildman–Crippen MR) is 88.8 cm³/mol. The second kappa shape index (κ2) is 7.72. The van der Waals surface area contributed by atoms with Crippen LogP contribution < -0.4 is 10.2 Å². The van der Waals surface area contributed by atoms with Crippen LogP contribution in [0.5, 0.6) is 5.75 Å². The second-order valence-electron chi connectivity index (χ2n) is 5.68. The molecule has 4 nitrogen and oxygen atoms in total. The highest BCUT2D eigenvalue weighted by Gasteiger charge is 2.18. The fourth-order valence-electron chi connectivity index (χ4n) is 2.29. The molecule has 1 aliphatic carbocycles. The van der Waals surface area contributed by atoms with Crippen molar-refractivity contribution < 1.29 is 13.9 Å². The number of rotatable bonds is 5. The summed E-state index contributed by atoms with van der Waals surface area (Å²) in [6.07, 6.45) is 3.81. The van der Waals surface area contributed by atoms with Crippen LogP contribution in [0.4, 0.5) is 4.39 Å². The number of nitrogens with zero attached hydrogens (tertiary/aromatic N) is 1. The number of carbonyl (C=O) groups is 1. The number of allylic oxidation sites excluding steroid dienone is 3. The first kappa shape index (κ1) is 16.9. The molecule has 1 aromatic carbocycles. The molecule has 0 bridgehead atoms. The van der Waals surface area contributed by atoms with E-state index < -0.39 is 11.7 Å². The van der Waals surface area contributed by atoms with E-state index in [1.54, 1.807) is 12.1 Å². The van der Waals surface area contributed by atoms with Crippen LogP contribution in [0.3, 0.4) is 0 Å². The molecule has 1 aromatic rings. The number of carbonyl (C=O) groups excluding carboxylic acids is 1. The first-order chi connectivity index (χ1) is 11.0. The number of nitrogens with one attached hydrogen (secondary N) is 1. The lowest BCUT2D eigenvalue weighted by Gasteiger charge is -2.22. The summed E-state index contributed by atoms with van der Waals surface area (Å²) in [4.78, 5) is 11.8. The van der Waals surface area contributed by atoms with Crippen LogP contribution in [0.15, 0.2) is 53.2 Å². The van der Waals surface area contributed by atoms with Crippen LogP contribution in [-0.2, 0) is 4.79 Å². The van der Waals surface area contributed by atoms with Crippen molar-refractivity contribution in [3.8, 4) is 5.75 Å². The van der Waals surface area contributed by atoms with Gasteiger partial charge in [-0.15, -0.1) is 0 Å². The van der Waals surface area contributed by atoms with Crippen LogP contribution in [-0.4, -0.2) is 18.2 Å². The Balaban J connectivity index is 1.90. The third kappa shape index (κ3) is 4.77. The molecule has 0 aliphatic heterocycles. The van der Waals surface area contributed by atoms with Gasteiger partial charge in [0.05, 0.1) is 5.71 Å². The van der Waals surface area contributed by atoms with Crippen molar-refractivity contribution in [3.05, 3.63) is 53.9 Å². The molecule has 122 valence electrons. The number of halogens is 1. The Labute approximate surface area is 135 Å². The van der Waals surface area contributed by atoms with E-state index in [9.17, 15) is 9.18 Å². The Morgan fingerprint density at radius 1 is 1.48 bits per heavy atom. The van der Waals surface area contributed by atoms with Gasteiger partial charge in [0.15, 0.2) is 18.2 Å². The van der Waals surface area contributed by atoms with Gasteiger partial charge in [-0.25, -0.2) is 9.82 Å². The molecule has 5 heteroatoms. The molecular weight excluding hydrogens is 295 g/mol. The zero-order valence-corrected chi connectivity index (χ0v) is 13.4. The van der Waals surface area contributed by atoms with E-state index in [1.165, 1.54) is 12.1 Å². The SMILES string of the molecule is C=C(C)[C@@H]1CC=C(C)C(=NNC(=O)COc2ccccc2F)C1. The molecule has 0 unspecified atom stereocenters. The zero-order chi connectivity index (χ0) is 16.8. The predicted octanol–water partition coefficient (Wildman–Crippen LogP) is 3.61. The summed E-state index contributed by atoms with van der Waals surface area (Å²) < 4.78 is 18.5. The van der Waals surface area contributed by atoms with Crippen LogP contribution in [0.25, 0.3) is 0 Å². The number of hydrogen-bond acceptors (Lipinski definition) is 3. The molecule has 23 heavy (non-hydrogen) atoms. The van der Waals surface area contributed by atoms with Gasteiger partial charge in [-0.05, 0) is 50.3 Å². The third-order valence-corrected chi connectivity index (χ3v) is 3.81. The van der Waals surface area contributed by atoms with Crippen LogP contribution in [0.2, 0.25) is 0 Å². The maximum absolute atomic E-state index is 13.4. The molecule has 0 heterocycles. The fraction of sp³-hybridized carbons (Fsp3) is 0.333. The maximum atomic E-state index is 13.4. The van der Waals surface area contributed by atoms with Crippen molar-refractivity contribution in [1.82, 2.24) is 5.43 Å². The number of amides is 1. The molecule has 0 saturated heterocycles. The minimum atomic E-state index is -0.498. The molecule has 2 rings (SSSR count). The highest BCUT2D eigenvalue weighted by molar-refractivity contribution is 6.01. The number of benzene rings is 1. The summed E-state index contributed by atoms with van der Waals surface area (Å²) in [5, 5.41) is 4.17. The summed E-state index contributed by atoms with van der Waals surface area (Å²) in [6.45, 7) is 7.66. The summed E-state index contributed by atoms with van der Waals surface area (Å²) in [7, 11) is 0. The Hall–Kier alpha value is -2.43. The Bertz CT molecular complexity index is 665. The first-order valence-electron chi connectivity index (χ1n) is 7.52. The van der Waals surface area contributed by atoms with Gasteiger partial charge in [-0.2, -0.15) is 5.10 Å². The van der Waals surface area contributed by atoms with Gasteiger partial charge < -0.3 is 4.74 Å². The monoisotopic (exact) mass is 316 g/mol. The normalized spacial score (nSPS) is 19.2. The molecule has 1 aliphatic rings. The molecule has 0 aromatic heterocycles. The maximum Gasteiger partial charge on any atom is 0.277 e. The highest BCUT2D eigenvalue weighted by atomic mass is 19.1. The summed E-state index contributed by atoms with van der Waals surface area (Å²) >= 11 is 0. The average Bonchev–Trinajstić information content (AvgIpc) is 2.53. The largest absolute Gasteiger partial charge is 0.481 e. The molecule has 0 spiro atoms. The average molecular weight is 316 g/mol. The zero-order valence-electron chi connectivity index (χ0n) is 13.4. The van der Waals surface area contributed by atoms with Gasteiger partial charge in [0.2, 0.25) is 0 Å². The Morgan fingerprint density at radius 3 is 2.91 bits per heavy atom. The van der Waals surface area contributed by atoms with Crippen molar-refractivity contribution in [2.45, 2.75) is 26.7 Å². The topological polar surface area (TPSA) is 50.7 Å². The van der Waals surface area contributed by atoms with Crippen molar-refractivity contribution in [1.29, 1.82) is 0 Å². The molecule has 1 N–H and O–H groups in total. The van der Waals surface area contributed by atoms with Gasteiger partial charge in [-0.3, -0.25) is 4.79 Å². The Kier molecular flexibility index (Phi) is 5.68. The van der Waals surface area contributed by atoms with Crippen molar-refractivity contribution in [2.75, 3.05) is 6.61 Å². The summed E-state index contributed by atoms with van der Waals surface area (Å²) in [6, 6.07) is 5.95. The minimum absolute atomic E-state index is 0.0476. The van der Waals surface area contributed by atoms with Gasteiger partial charge in [-0.1, -0.05) is 30.4 Å². The Morgan fingerprint density at radius 2 is 2.22 bits per heavy atom. The van der Waals surface area contributed by atoms with E-state index >= 15 is 0 Å². The number of hydrogen-bond donors (Lipinski definition) is 1. The van der Waals surface area contributed by atoms with E-state index in [0.717, 1.165) is 29.7 Å². The van der Waals surface area contributed by atoms with Crippen LogP contribution in [0.1, 0.15) is 26.7 Å². The van der Waals surface area contributed by atoms with Crippen LogP contribution >= 0.6 is 0 Å². The first-order valence-corrected chi connectivity index (χ1v) is 7.52. The van der Waals surface area contributed by atoms with Crippen molar-refractivity contribution >= 4 is 11.6 Å². The van der Waals surface area contributed by atoms with E-state index in [-0.39, 0.29) is 12.4 Å². The third-order valence-electron chi connectivity index (χ3n) is 3.81. The number of hydrazone groups is 1. The molecule has 0 fully saturated rings. The summed E-state index contributed by atoms with van der Waals surface area (Å²) in [5.74, 6) is -0.525. The van der Waals surface area contributed by atoms with Crippen molar-refractivity contribution in [3.63, 3.8) is 0 Å². The quantitative estimate of drug-likeness (QED) is 0.666. The number of para-hydroxylation sites is 1. The molecule has 1 amide bonds. The smallest absolute Gasteiger partial charge is 0.277 e. The van der Waals surface area contributed by atoms with Gasteiger partial charge in [0.25, 0.3) is 5.91 Å². The molecule has 1 atom stereocenters. The minimum Gasteiger partial charge on any atom is -0.481 e. The van der Waals surface area contributed by atoms with Gasteiger partial charge in [0, 0.05) is 0 Å².